The molecule has 0 saturated carbocycles. The second kappa shape index (κ2) is 7.72. The number of hydrogen-bond acceptors (Lipinski definition) is 4. The number of hydrogen-bond donors (Lipinski definition) is 1. The van der Waals surface area contributed by atoms with E-state index in [0.29, 0.717) is 17.9 Å². The summed E-state index contributed by atoms with van der Waals surface area (Å²) in [6, 6.07) is 7.74. The average molecular weight is 354 g/mol. The minimum Gasteiger partial charge on any atom is -0.370 e. The maximum absolute atomic E-state index is 10.9. The number of amides is 1. The zero-order valence-electron chi connectivity index (χ0n) is 13.2. The van der Waals surface area contributed by atoms with Gasteiger partial charge in [-0.2, -0.15) is 5.10 Å². The number of halogens is 1. The summed E-state index contributed by atoms with van der Waals surface area (Å²) in [5.41, 5.74) is 6.35. The van der Waals surface area contributed by atoms with Gasteiger partial charge in [0.25, 0.3) is 0 Å². The fraction of sp³-hybridized carbons (Fsp3) is 0.400. The summed E-state index contributed by atoms with van der Waals surface area (Å²) in [5.74, 6) is 0.416. The second-order valence-corrected chi connectivity index (χ2v) is 6.31. The SMILES string of the molecule is CN(Cc1ccc(Cl)cc1)Cn1nc(CCC(N)=O)n(C)c1=S. The Labute approximate surface area is 145 Å². The van der Waals surface area contributed by atoms with Crippen molar-refractivity contribution in [1.29, 1.82) is 0 Å². The summed E-state index contributed by atoms with van der Waals surface area (Å²) < 4.78 is 4.18. The Hall–Kier alpha value is -1.70. The van der Waals surface area contributed by atoms with Crippen LogP contribution < -0.4 is 5.73 Å². The first-order valence-electron chi connectivity index (χ1n) is 7.21. The van der Waals surface area contributed by atoms with Crippen molar-refractivity contribution in [1.82, 2.24) is 19.2 Å². The zero-order chi connectivity index (χ0) is 17.0. The molecular formula is C15H20ClN5OS. The predicted molar refractivity (Wildman–Crippen MR) is 92.5 cm³/mol. The van der Waals surface area contributed by atoms with Crippen molar-refractivity contribution in [2.45, 2.75) is 26.1 Å². The molecule has 0 spiro atoms. The summed E-state index contributed by atoms with van der Waals surface area (Å²) in [5, 5.41) is 5.21. The number of aromatic nitrogens is 3. The fourth-order valence-electron chi connectivity index (χ4n) is 2.26. The van der Waals surface area contributed by atoms with Crippen molar-refractivity contribution >= 4 is 29.7 Å². The van der Waals surface area contributed by atoms with Crippen LogP contribution in [0.25, 0.3) is 0 Å². The predicted octanol–water partition coefficient (Wildman–Crippen LogP) is 2.11. The van der Waals surface area contributed by atoms with Crippen LogP contribution in [0.4, 0.5) is 0 Å². The normalized spacial score (nSPS) is 11.1. The summed E-state index contributed by atoms with van der Waals surface area (Å²) in [7, 11) is 3.84. The van der Waals surface area contributed by atoms with Gasteiger partial charge in [-0.05, 0) is 37.0 Å². The Kier molecular flexibility index (Phi) is 5.92. The molecule has 1 amide bonds. The van der Waals surface area contributed by atoms with Crippen LogP contribution in [0.2, 0.25) is 5.02 Å². The lowest BCUT2D eigenvalue weighted by molar-refractivity contribution is -0.118. The van der Waals surface area contributed by atoms with Crippen LogP contribution in [-0.2, 0) is 31.5 Å². The first-order chi connectivity index (χ1) is 10.9. The summed E-state index contributed by atoms with van der Waals surface area (Å²) in [4.78, 5) is 13.0. The molecule has 1 aromatic heterocycles. The van der Waals surface area contributed by atoms with Crippen molar-refractivity contribution < 1.29 is 4.79 Å². The third kappa shape index (κ3) is 4.89. The molecule has 0 unspecified atom stereocenters. The number of primary amides is 1. The average Bonchev–Trinajstić information content (AvgIpc) is 2.75. The second-order valence-electron chi connectivity index (χ2n) is 5.51. The first kappa shape index (κ1) is 17.7. The summed E-state index contributed by atoms with van der Waals surface area (Å²) in [6.07, 6.45) is 0.754. The van der Waals surface area contributed by atoms with E-state index >= 15 is 0 Å². The molecule has 23 heavy (non-hydrogen) atoms. The van der Waals surface area contributed by atoms with Gasteiger partial charge in [-0.15, -0.1) is 0 Å². The van der Waals surface area contributed by atoms with E-state index in [1.54, 1.807) is 4.68 Å². The van der Waals surface area contributed by atoms with Gasteiger partial charge < -0.3 is 10.3 Å². The number of nitrogens with zero attached hydrogens (tertiary/aromatic N) is 4. The van der Waals surface area contributed by atoms with Gasteiger partial charge >= 0.3 is 0 Å². The van der Waals surface area contributed by atoms with Crippen LogP contribution in [0.3, 0.4) is 0 Å². The van der Waals surface area contributed by atoms with E-state index in [1.165, 1.54) is 0 Å². The van der Waals surface area contributed by atoms with E-state index in [0.717, 1.165) is 23.0 Å². The van der Waals surface area contributed by atoms with E-state index in [1.807, 2.05) is 42.9 Å². The number of carbonyl (C=O) groups excluding carboxylic acids is 1. The molecule has 2 aromatic rings. The Bertz CT molecular complexity index is 737. The number of carbonyl (C=O) groups is 1. The number of aryl methyl sites for hydroxylation is 1. The van der Waals surface area contributed by atoms with E-state index in [4.69, 9.17) is 29.6 Å². The molecular weight excluding hydrogens is 334 g/mol. The van der Waals surface area contributed by atoms with Crippen LogP contribution in [0.1, 0.15) is 17.8 Å². The van der Waals surface area contributed by atoms with Gasteiger partial charge in [0.05, 0.1) is 6.67 Å². The van der Waals surface area contributed by atoms with E-state index in [-0.39, 0.29) is 12.3 Å². The highest BCUT2D eigenvalue weighted by Gasteiger charge is 2.10. The van der Waals surface area contributed by atoms with Crippen LogP contribution in [0.5, 0.6) is 0 Å². The van der Waals surface area contributed by atoms with Gasteiger partial charge in [-0.25, -0.2) is 4.68 Å². The van der Waals surface area contributed by atoms with Crippen LogP contribution >= 0.6 is 23.8 Å². The monoisotopic (exact) mass is 353 g/mol. The molecule has 8 heteroatoms. The highest BCUT2D eigenvalue weighted by Crippen LogP contribution is 2.11. The molecule has 2 rings (SSSR count). The molecule has 0 aliphatic heterocycles. The van der Waals surface area contributed by atoms with Crippen LogP contribution in [0.15, 0.2) is 24.3 Å². The van der Waals surface area contributed by atoms with Gasteiger partial charge in [0.2, 0.25) is 5.91 Å². The highest BCUT2D eigenvalue weighted by atomic mass is 35.5. The Morgan fingerprint density at radius 3 is 2.65 bits per heavy atom. The van der Waals surface area contributed by atoms with E-state index < -0.39 is 0 Å². The van der Waals surface area contributed by atoms with Crippen molar-refractivity contribution in [2.75, 3.05) is 7.05 Å². The van der Waals surface area contributed by atoms with Crippen molar-refractivity contribution in [3.63, 3.8) is 0 Å². The third-order valence-corrected chi connectivity index (χ3v) is 4.20. The molecule has 124 valence electrons. The summed E-state index contributed by atoms with van der Waals surface area (Å²) >= 11 is 11.3. The van der Waals surface area contributed by atoms with Crippen molar-refractivity contribution in [3.8, 4) is 0 Å². The Morgan fingerprint density at radius 1 is 1.39 bits per heavy atom. The van der Waals surface area contributed by atoms with Crippen LogP contribution in [0, 0.1) is 4.77 Å². The minimum absolute atomic E-state index is 0.264. The number of nitrogens with two attached hydrogens (primary N) is 1. The molecule has 0 atom stereocenters. The van der Waals surface area contributed by atoms with Gasteiger partial charge in [0, 0.05) is 31.5 Å². The van der Waals surface area contributed by atoms with Crippen molar-refractivity contribution in [3.05, 3.63) is 45.4 Å². The lowest BCUT2D eigenvalue weighted by Gasteiger charge is -2.16. The van der Waals surface area contributed by atoms with Gasteiger partial charge in [0.1, 0.15) is 5.82 Å². The first-order valence-corrected chi connectivity index (χ1v) is 7.99. The van der Waals surface area contributed by atoms with E-state index in [2.05, 4.69) is 10.00 Å². The third-order valence-electron chi connectivity index (χ3n) is 3.47. The molecule has 1 aromatic carbocycles. The van der Waals surface area contributed by atoms with Gasteiger partial charge in [-0.1, -0.05) is 23.7 Å². The molecule has 6 nitrogen and oxygen atoms in total. The van der Waals surface area contributed by atoms with Crippen LogP contribution in [-0.4, -0.2) is 32.2 Å². The molecule has 0 radical (unpaired) electrons. The van der Waals surface area contributed by atoms with Gasteiger partial charge in [0.15, 0.2) is 4.77 Å². The molecule has 0 aliphatic rings. The van der Waals surface area contributed by atoms with Crippen molar-refractivity contribution in [2.24, 2.45) is 12.8 Å². The molecule has 1 heterocycles. The number of rotatable bonds is 7. The maximum Gasteiger partial charge on any atom is 0.217 e. The van der Waals surface area contributed by atoms with E-state index in [9.17, 15) is 4.79 Å². The molecule has 0 aliphatic carbocycles. The zero-order valence-corrected chi connectivity index (χ0v) is 14.8. The quantitative estimate of drug-likeness (QED) is 0.774. The standard InChI is InChI=1S/C15H20ClN5OS/c1-19(9-11-3-5-12(16)6-4-11)10-21-15(23)20(2)14(18-21)8-7-13(17)22/h3-6H,7-10H2,1-2H3,(H2,17,22). The molecule has 2 N–H and O–H groups in total. The smallest absolute Gasteiger partial charge is 0.217 e. The highest BCUT2D eigenvalue weighted by molar-refractivity contribution is 7.71. The topological polar surface area (TPSA) is 69.1 Å². The van der Waals surface area contributed by atoms with Gasteiger partial charge in [-0.3, -0.25) is 9.69 Å². The Morgan fingerprint density at radius 2 is 2.04 bits per heavy atom. The lowest BCUT2D eigenvalue weighted by Crippen LogP contribution is -2.22. The largest absolute Gasteiger partial charge is 0.370 e. The molecule has 0 saturated heterocycles. The molecule has 0 bridgehead atoms. The maximum atomic E-state index is 10.9. The molecule has 0 fully saturated rings. The summed E-state index contributed by atoms with van der Waals surface area (Å²) in [6.45, 7) is 1.32. The number of benzene rings is 1. The fourth-order valence-corrected chi connectivity index (χ4v) is 2.59. The Balaban J connectivity index is 2.04. The minimum atomic E-state index is -0.342. The lowest BCUT2D eigenvalue weighted by atomic mass is 10.2.